The Morgan fingerprint density at radius 2 is 1.73 bits per heavy atom. The molecule has 2 aromatic rings. The van der Waals surface area contributed by atoms with Gasteiger partial charge >= 0.3 is 0 Å². The maximum atomic E-state index is 12.5. The van der Waals surface area contributed by atoms with Crippen molar-refractivity contribution in [1.82, 2.24) is 4.90 Å². The molecule has 1 amide bonds. The fraction of sp³-hybridized carbons (Fsp3) is 0.318. The molecule has 0 aromatic heterocycles. The smallest absolute Gasteiger partial charge is 0.246 e. The lowest BCUT2D eigenvalue weighted by atomic mass is 10.1. The van der Waals surface area contributed by atoms with E-state index in [9.17, 15) is 4.79 Å². The maximum Gasteiger partial charge on any atom is 0.246 e. The van der Waals surface area contributed by atoms with Crippen molar-refractivity contribution in [3.05, 3.63) is 65.7 Å². The number of rotatable bonds is 5. The van der Waals surface area contributed by atoms with Crippen LogP contribution in [0.2, 0.25) is 0 Å². The largest absolute Gasteiger partial charge is 0.495 e. The summed E-state index contributed by atoms with van der Waals surface area (Å²) >= 11 is 0. The van der Waals surface area contributed by atoms with Gasteiger partial charge in [-0.15, -0.1) is 0 Å². The number of anilines is 1. The molecule has 1 heterocycles. The number of amides is 1. The van der Waals surface area contributed by atoms with Gasteiger partial charge in [-0.2, -0.15) is 0 Å². The second-order valence-corrected chi connectivity index (χ2v) is 6.41. The molecule has 0 N–H and O–H groups in total. The Hall–Kier alpha value is -2.75. The van der Waals surface area contributed by atoms with Gasteiger partial charge in [-0.25, -0.2) is 0 Å². The Bertz CT molecular complexity index is 760. The minimum Gasteiger partial charge on any atom is -0.495 e. The van der Waals surface area contributed by atoms with E-state index in [1.807, 2.05) is 29.2 Å². The Morgan fingerprint density at radius 3 is 2.38 bits per heavy atom. The Morgan fingerprint density at radius 1 is 1.04 bits per heavy atom. The SMILES string of the molecule is CCc1ccc(/C=C/C(=O)N2CCN(c3ccccc3OC)CC2)cc1. The van der Waals surface area contributed by atoms with Crippen molar-refractivity contribution in [2.45, 2.75) is 13.3 Å². The molecule has 1 saturated heterocycles. The fourth-order valence-electron chi connectivity index (χ4n) is 3.20. The molecule has 1 aliphatic heterocycles. The van der Waals surface area contributed by atoms with Gasteiger partial charge in [-0.05, 0) is 35.8 Å². The summed E-state index contributed by atoms with van der Waals surface area (Å²) in [4.78, 5) is 16.6. The number of hydrogen-bond acceptors (Lipinski definition) is 3. The first-order chi connectivity index (χ1) is 12.7. The van der Waals surface area contributed by atoms with Gasteiger partial charge in [0.05, 0.1) is 12.8 Å². The Balaban J connectivity index is 1.57. The molecule has 136 valence electrons. The summed E-state index contributed by atoms with van der Waals surface area (Å²) in [5.41, 5.74) is 3.46. The Labute approximate surface area is 155 Å². The van der Waals surface area contributed by atoms with Crippen LogP contribution in [0.25, 0.3) is 6.08 Å². The second-order valence-electron chi connectivity index (χ2n) is 6.41. The fourth-order valence-corrected chi connectivity index (χ4v) is 3.20. The summed E-state index contributed by atoms with van der Waals surface area (Å²) in [5.74, 6) is 0.951. The van der Waals surface area contributed by atoms with Crippen LogP contribution in [-0.2, 0) is 11.2 Å². The number of carbonyl (C=O) groups is 1. The number of ether oxygens (including phenoxy) is 1. The number of carbonyl (C=O) groups excluding carboxylic acids is 1. The lowest BCUT2D eigenvalue weighted by molar-refractivity contribution is -0.126. The zero-order valence-electron chi connectivity index (χ0n) is 15.5. The molecular formula is C22H26N2O2. The molecule has 0 unspecified atom stereocenters. The van der Waals surface area contributed by atoms with Crippen LogP contribution in [0.15, 0.2) is 54.6 Å². The van der Waals surface area contributed by atoms with Crippen LogP contribution in [0.4, 0.5) is 5.69 Å². The van der Waals surface area contributed by atoms with Crippen molar-refractivity contribution in [3.63, 3.8) is 0 Å². The maximum absolute atomic E-state index is 12.5. The average molecular weight is 350 g/mol. The molecule has 3 rings (SSSR count). The lowest BCUT2D eigenvalue weighted by Crippen LogP contribution is -2.48. The van der Waals surface area contributed by atoms with Crippen molar-refractivity contribution >= 4 is 17.7 Å². The van der Waals surface area contributed by atoms with E-state index in [1.54, 1.807) is 13.2 Å². The van der Waals surface area contributed by atoms with E-state index in [2.05, 4.69) is 42.2 Å². The van der Waals surface area contributed by atoms with Crippen molar-refractivity contribution in [2.24, 2.45) is 0 Å². The zero-order chi connectivity index (χ0) is 18.4. The molecule has 0 spiro atoms. The summed E-state index contributed by atoms with van der Waals surface area (Å²) < 4.78 is 5.44. The van der Waals surface area contributed by atoms with Gasteiger partial charge in [0.15, 0.2) is 0 Å². The van der Waals surface area contributed by atoms with Crippen LogP contribution in [0.3, 0.4) is 0 Å². The van der Waals surface area contributed by atoms with E-state index in [4.69, 9.17) is 4.74 Å². The molecule has 4 nitrogen and oxygen atoms in total. The molecule has 1 fully saturated rings. The van der Waals surface area contributed by atoms with E-state index < -0.39 is 0 Å². The predicted molar refractivity (Wildman–Crippen MR) is 107 cm³/mol. The van der Waals surface area contributed by atoms with E-state index in [1.165, 1.54) is 5.56 Å². The minimum absolute atomic E-state index is 0.0734. The molecule has 0 aliphatic carbocycles. The average Bonchev–Trinajstić information content (AvgIpc) is 2.72. The number of benzene rings is 2. The Kier molecular flexibility index (Phi) is 5.95. The highest BCUT2D eigenvalue weighted by molar-refractivity contribution is 5.92. The molecule has 0 radical (unpaired) electrons. The van der Waals surface area contributed by atoms with E-state index in [0.29, 0.717) is 0 Å². The predicted octanol–water partition coefficient (Wildman–Crippen LogP) is 3.62. The number of piperazine rings is 1. The minimum atomic E-state index is 0.0734. The van der Waals surface area contributed by atoms with Gasteiger partial charge < -0.3 is 14.5 Å². The van der Waals surface area contributed by atoms with Crippen LogP contribution in [0.1, 0.15) is 18.1 Å². The second kappa shape index (κ2) is 8.56. The van der Waals surface area contributed by atoms with Crippen molar-refractivity contribution < 1.29 is 9.53 Å². The summed E-state index contributed by atoms with van der Waals surface area (Å²) in [7, 11) is 1.69. The quantitative estimate of drug-likeness (QED) is 0.772. The summed E-state index contributed by atoms with van der Waals surface area (Å²) in [6.45, 7) is 5.20. The number of nitrogens with zero attached hydrogens (tertiary/aromatic N) is 2. The van der Waals surface area contributed by atoms with Gasteiger partial charge in [0.25, 0.3) is 0 Å². The van der Waals surface area contributed by atoms with E-state index in [-0.39, 0.29) is 5.91 Å². The third kappa shape index (κ3) is 4.26. The molecule has 0 bridgehead atoms. The van der Waals surface area contributed by atoms with Crippen LogP contribution in [-0.4, -0.2) is 44.1 Å². The van der Waals surface area contributed by atoms with E-state index >= 15 is 0 Å². The van der Waals surface area contributed by atoms with Gasteiger partial charge in [-0.1, -0.05) is 43.3 Å². The van der Waals surface area contributed by atoms with Crippen molar-refractivity contribution in [1.29, 1.82) is 0 Å². The zero-order valence-corrected chi connectivity index (χ0v) is 15.5. The van der Waals surface area contributed by atoms with Crippen LogP contribution in [0.5, 0.6) is 5.75 Å². The summed E-state index contributed by atoms with van der Waals surface area (Å²) in [6.07, 6.45) is 4.60. The highest BCUT2D eigenvalue weighted by Crippen LogP contribution is 2.28. The van der Waals surface area contributed by atoms with Gasteiger partial charge in [0.2, 0.25) is 5.91 Å². The molecule has 1 aliphatic rings. The molecule has 0 saturated carbocycles. The molecular weight excluding hydrogens is 324 g/mol. The third-order valence-electron chi connectivity index (χ3n) is 4.82. The first-order valence-corrected chi connectivity index (χ1v) is 9.15. The third-order valence-corrected chi connectivity index (χ3v) is 4.82. The topological polar surface area (TPSA) is 32.8 Å². The van der Waals surface area contributed by atoms with Crippen molar-refractivity contribution in [2.75, 3.05) is 38.2 Å². The summed E-state index contributed by atoms with van der Waals surface area (Å²) in [5, 5.41) is 0. The molecule has 26 heavy (non-hydrogen) atoms. The number of aryl methyl sites for hydroxylation is 1. The van der Waals surface area contributed by atoms with Crippen LogP contribution >= 0.6 is 0 Å². The monoisotopic (exact) mass is 350 g/mol. The number of para-hydroxylation sites is 2. The normalized spacial score (nSPS) is 14.7. The lowest BCUT2D eigenvalue weighted by Gasteiger charge is -2.36. The number of hydrogen-bond donors (Lipinski definition) is 0. The summed E-state index contributed by atoms with van der Waals surface area (Å²) in [6, 6.07) is 16.4. The van der Waals surface area contributed by atoms with Gasteiger partial charge in [0, 0.05) is 32.3 Å². The van der Waals surface area contributed by atoms with Crippen LogP contribution < -0.4 is 9.64 Å². The van der Waals surface area contributed by atoms with Gasteiger partial charge in [0.1, 0.15) is 5.75 Å². The highest BCUT2D eigenvalue weighted by atomic mass is 16.5. The van der Waals surface area contributed by atoms with Crippen LogP contribution in [0, 0.1) is 0 Å². The molecule has 4 heteroatoms. The molecule has 2 aromatic carbocycles. The highest BCUT2D eigenvalue weighted by Gasteiger charge is 2.21. The first-order valence-electron chi connectivity index (χ1n) is 9.15. The number of methoxy groups -OCH3 is 1. The molecule has 0 atom stereocenters. The van der Waals surface area contributed by atoms with Crippen molar-refractivity contribution in [3.8, 4) is 5.75 Å². The first kappa shape index (κ1) is 18.1. The van der Waals surface area contributed by atoms with E-state index in [0.717, 1.165) is 49.6 Å². The van der Waals surface area contributed by atoms with Gasteiger partial charge in [-0.3, -0.25) is 4.79 Å². The standard InChI is InChI=1S/C22H26N2O2/c1-3-18-8-10-19(11-9-18)12-13-22(25)24-16-14-23(15-17-24)20-6-4-5-7-21(20)26-2/h4-13H,3,14-17H2,1-2H3/b13-12+.